The molecule has 21 heavy (non-hydrogen) atoms. The molecule has 0 saturated heterocycles. The van der Waals surface area contributed by atoms with Crippen LogP contribution in [0.15, 0.2) is 45.9 Å². The lowest BCUT2D eigenvalue weighted by Gasteiger charge is -2.08. The summed E-state index contributed by atoms with van der Waals surface area (Å²) in [6.07, 6.45) is 2.06. The molecule has 1 heterocycles. The second-order valence-electron chi connectivity index (χ2n) is 4.58. The van der Waals surface area contributed by atoms with E-state index in [0.29, 0.717) is 17.4 Å². The number of benzene rings is 1. The number of rotatable bonds is 5. The van der Waals surface area contributed by atoms with Crippen LogP contribution >= 0.6 is 27.5 Å². The van der Waals surface area contributed by atoms with E-state index in [4.69, 9.17) is 11.6 Å². The number of pyridine rings is 1. The van der Waals surface area contributed by atoms with Crippen LogP contribution in [-0.4, -0.2) is 19.9 Å². The highest BCUT2D eigenvalue weighted by atomic mass is 79.9. The molecule has 0 atom stereocenters. The van der Waals surface area contributed by atoms with E-state index in [1.54, 1.807) is 0 Å². The molecule has 4 nitrogen and oxygen atoms in total. The van der Waals surface area contributed by atoms with Gasteiger partial charge in [0, 0.05) is 17.2 Å². The van der Waals surface area contributed by atoms with Crippen LogP contribution < -0.4 is 4.72 Å². The summed E-state index contributed by atoms with van der Waals surface area (Å²) >= 11 is 9.03. The molecule has 2 aromatic rings. The van der Waals surface area contributed by atoms with Crippen LogP contribution in [0, 0.1) is 6.92 Å². The van der Waals surface area contributed by atoms with Crippen LogP contribution in [0.25, 0.3) is 0 Å². The second kappa shape index (κ2) is 6.87. The van der Waals surface area contributed by atoms with Gasteiger partial charge in [-0.1, -0.05) is 41.4 Å². The van der Waals surface area contributed by atoms with E-state index in [9.17, 15) is 8.42 Å². The predicted octanol–water partition coefficient (Wildman–Crippen LogP) is 3.33. The number of sulfonamides is 1. The molecule has 1 aromatic carbocycles. The Balaban J connectivity index is 2.06. The molecule has 2 rings (SSSR count). The average Bonchev–Trinajstić information content (AvgIpc) is 2.41. The molecule has 0 radical (unpaired) electrons. The molecule has 0 fully saturated rings. The molecule has 0 aliphatic rings. The molecule has 0 aliphatic heterocycles. The molecule has 0 aliphatic carbocycles. The van der Waals surface area contributed by atoms with Crippen molar-refractivity contribution >= 4 is 37.6 Å². The highest BCUT2D eigenvalue weighted by Gasteiger charge is 2.18. The molecule has 1 aromatic heterocycles. The van der Waals surface area contributed by atoms with Gasteiger partial charge in [0.25, 0.3) is 0 Å². The largest absolute Gasteiger partial charge is 0.243 e. The molecule has 0 saturated carbocycles. The van der Waals surface area contributed by atoms with E-state index in [1.165, 1.54) is 12.3 Å². The number of nitrogens with one attached hydrogen (secondary N) is 1. The first kappa shape index (κ1) is 16.4. The van der Waals surface area contributed by atoms with E-state index in [2.05, 4.69) is 25.6 Å². The quantitative estimate of drug-likeness (QED) is 0.798. The maximum Gasteiger partial charge on any atom is 0.243 e. The number of nitrogens with zero attached hydrogens (tertiary/aromatic N) is 1. The maximum absolute atomic E-state index is 12.2. The van der Waals surface area contributed by atoms with Crippen LogP contribution in [0.5, 0.6) is 0 Å². The maximum atomic E-state index is 12.2. The van der Waals surface area contributed by atoms with Crippen LogP contribution in [0.4, 0.5) is 0 Å². The van der Waals surface area contributed by atoms with Crippen LogP contribution in [0.2, 0.25) is 5.15 Å². The first-order valence-corrected chi connectivity index (χ1v) is 8.90. The summed E-state index contributed by atoms with van der Waals surface area (Å²) in [6.45, 7) is 2.30. The standard InChI is InChI=1S/C14H14BrClN2O2S/c1-10-3-2-4-11(7-10)5-6-18-21(19,20)13-8-12(15)9-17-14(13)16/h2-4,7-9,18H,5-6H2,1H3. The van der Waals surface area contributed by atoms with Crippen LogP contribution in [0.3, 0.4) is 0 Å². The molecule has 0 amide bonds. The van der Waals surface area contributed by atoms with Crippen molar-refractivity contribution in [2.45, 2.75) is 18.2 Å². The minimum atomic E-state index is -3.67. The number of aromatic nitrogens is 1. The third-order valence-electron chi connectivity index (χ3n) is 2.85. The van der Waals surface area contributed by atoms with Gasteiger partial charge in [-0.3, -0.25) is 0 Å². The third-order valence-corrected chi connectivity index (χ3v) is 5.17. The number of hydrogen-bond acceptors (Lipinski definition) is 3. The van der Waals surface area contributed by atoms with Gasteiger partial charge in [0.15, 0.2) is 0 Å². The van der Waals surface area contributed by atoms with Gasteiger partial charge in [0.05, 0.1) is 0 Å². The van der Waals surface area contributed by atoms with Gasteiger partial charge in [-0.15, -0.1) is 0 Å². The van der Waals surface area contributed by atoms with Crippen molar-refractivity contribution in [3.8, 4) is 0 Å². The molecule has 112 valence electrons. The van der Waals surface area contributed by atoms with Gasteiger partial charge in [-0.05, 0) is 40.9 Å². The fraction of sp³-hybridized carbons (Fsp3) is 0.214. The van der Waals surface area contributed by atoms with Gasteiger partial charge in [0.1, 0.15) is 10.0 Å². The topological polar surface area (TPSA) is 59.1 Å². The van der Waals surface area contributed by atoms with Crippen molar-refractivity contribution < 1.29 is 8.42 Å². The molecule has 7 heteroatoms. The van der Waals surface area contributed by atoms with Gasteiger partial charge >= 0.3 is 0 Å². The zero-order valence-electron chi connectivity index (χ0n) is 11.3. The lowest BCUT2D eigenvalue weighted by Crippen LogP contribution is -2.26. The first-order valence-electron chi connectivity index (χ1n) is 6.25. The monoisotopic (exact) mass is 388 g/mol. The summed E-state index contributed by atoms with van der Waals surface area (Å²) in [4.78, 5) is 3.80. The van der Waals surface area contributed by atoms with Crippen LogP contribution in [-0.2, 0) is 16.4 Å². The minimum Gasteiger partial charge on any atom is -0.242 e. The molecule has 1 N–H and O–H groups in total. The Morgan fingerprint density at radius 2 is 2.10 bits per heavy atom. The summed E-state index contributed by atoms with van der Waals surface area (Å²) in [7, 11) is -3.67. The Morgan fingerprint density at radius 3 is 2.81 bits per heavy atom. The number of halogens is 2. The molecular weight excluding hydrogens is 376 g/mol. The SMILES string of the molecule is Cc1cccc(CCNS(=O)(=O)c2cc(Br)cnc2Cl)c1. The molecular formula is C14H14BrClN2O2S. The first-order chi connectivity index (χ1) is 9.88. The van der Waals surface area contributed by atoms with Crippen molar-refractivity contribution in [2.24, 2.45) is 0 Å². The van der Waals surface area contributed by atoms with E-state index in [1.807, 2.05) is 31.2 Å². The minimum absolute atomic E-state index is 0.0252. The van der Waals surface area contributed by atoms with Crippen molar-refractivity contribution in [1.82, 2.24) is 9.71 Å². The van der Waals surface area contributed by atoms with Crippen molar-refractivity contribution in [3.63, 3.8) is 0 Å². The summed E-state index contributed by atoms with van der Waals surface area (Å²) in [6, 6.07) is 9.39. The van der Waals surface area contributed by atoms with Crippen molar-refractivity contribution in [2.75, 3.05) is 6.54 Å². The van der Waals surface area contributed by atoms with Gasteiger partial charge in [-0.2, -0.15) is 0 Å². The van der Waals surface area contributed by atoms with E-state index < -0.39 is 10.0 Å². The average molecular weight is 390 g/mol. The predicted molar refractivity (Wildman–Crippen MR) is 87.0 cm³/mol. The summed E-state index contributed by atoms with van der Waals surface area (Å²) in [5, 5.41) is -0.0405. The highest BCUT2D eigenvalue weighted by Crippen LogP contribution is 2.22. The normalized spacial score (nSPS) is 11.6. The molecule has 0 unspecified atom stereocenters. The van der Waals surface area contributed by atoms with E-state index >= 15 is 0 Å². The van der Waals surface area contributed by atoms with Gasteiger partial charge in [0.2, 0.25) is 10.0 Å². The Labute approximate surface area is 137 Å². The Bertz CT molecular complexity index is 750. The zero-order chi connectivity index (χ0) is 15.5. The van der Waals surface area contributed by atoms with Crippen LogP contribution in [0.1, 0.15) is 11.1 Å². The third kappa shape index (κ3) is 4.51. The highest BCUT2D eigenvalue weighted by molar-refractivity contribution is 9.10. The summed E-state index contributed by atoms with van der Waals surface area (Å²) in [5.41, 5.74) is 2.23. The Kier molecular flexibility index (Phi) is 5.37. The second-order valence-corrected chi connectivity index (χ2v) is 7.59. The Hall–Kier alpha value is -0.950. The zero-order valence-corrected chi connectivity index (χ0v) is 14.5. The fourth-order valence-corrected chi connectivity index (χ4v) is 3.84. The lowest BCUT2D eigenvalue weighted by molar-refractivity contribution is 0.581. The summed E-state index contributed by atoms with van der Waals surface area (Å²) in [5.74, 6) is 0. The van der Waals surface area contributed by atoms with E-state index in [0.717, 1.165) is 11.1 Å². The Morgan fingerprint density at radius 1 is 1.33 bits per heavy atom. The number of hydrogen-bond donors (Lipinski definition) is 1. The smallest absolute Gasteiger partial charge is 0.242 e. The van der Waals surface area contributed by atoms with E-state index in [-0.39, 0.29) is 10.0 Å². The molecule has 0 bridgehead atoms. The van der Waals surface area contributed by atoms with Gasteiger partial charge < -0.3 is 0 Å². The molecule has 0 spiro atoms. The lowest BCUT2D eigenvalue weighted by atomic mass is 10.1. The van der Waals surface area contributed by atoms with Crippen molar-refractivity contribution in [1.29, 1.82) is 0 Å². The van der Waals surface area contributed by atoms with Crippen molar-refractivity contribution in [3.05, 3.63) is 57.3 Å². The van der Waals surface area contributed by atoms with Gasteiger partial charge in [-0.25, -0.2) is 18.1 Å². The summed E-state index contributed by atoms with van der Waals surface area (Å²) < 4.78 is 27.5. The number of aryl methyl sites for hydroxylation is 1. The fourth-order valence-electron chi connectivity index (χ4n) is 1.87.